The molecule has 0 saturated carbocycles. The number of halogens is 3. The Kier molecular flexibility index (Phi) is 6.26. The number of rotatable bonds is 6. The zero-order valence-corrected chi connectivity index (χ0v) is 18.7. The van der Waals surface area contributed by atoms with Crippen LogP contribution >= 0.6 is 0 Å². The first-order chi connectivity index (χ1) is 15.7. The molecule has 170 valence electrons. The van der Waals surface area contributed by atoms with Crippen LogP contribution in [0.15, 0.2) is 54.4 Å². The summed E-state index contributed by atoms with van der Waals surface area (Å²) in [6.45, 7) is 6.26. The van der Waals surface area contributed by atoms with Crippen LogP contribution in [0.4, 0.5) is 13.2 Å². The van der Waals surface area contributed by atoms with E-state index in [4.69, 9.17) is 4.98 Å². The number of aryl methyl sites for hydroxylation is 3. The van der Waals surface area contributed by atoms with Crippen molar-refractivity contribution in [3.05, 3.63) is 82.6 Å². The van der Waals surface area contributed by atoms with E-state index in [1.807, 2.05) is 31.3 Å². The van der Waals surface area contributed by atoms with E-state index in [2.05, 4.69) is 35.0 Å². The maximum absolute atomic E-state index is 12.9. The molecule has 4 rings (SSSR count). The van der Waals surface area contributed by atoms with Crippen molar-refractivity contribution in [2.24, 2.45) is 0 Å². The van der Waals surface area contributed by atoms with E-state index in [0.29, 0.717) is 29.7 Å². The van der Waals surface area contributed by atoms with Crippen molar-refractivity contribution in [1.29, 1.82) is 0 Å². The fourth-order valence-corrected chi connectivity index (χ4v) is 3.43. The van der Waals surface area contributed by atoms with Crippen molar-refractivity contribution in [2.75, 3.05) is 0 Å². The highest BCUT2D eigenvalue weighted by atomic mass is 19.4. The van der Waals surface area contributed by atoms with Crippen molar-refractivity contribution in [3.63, 3.8) is 0 Å². The van der Waals surface area contributed by atoms with Crippen LogP contribution in [0.25, 0.3) is 22.8 Å². The maximum Gasteiger partial charge on any atom is 0.417 e. The van der Waals surface area contributed by atoms with Crippen LogP contribution in [0.3, 0.4) is 0 Å². The molecule has 0 atom stereocenters. The van der Waals surface area contributed by atoms with E-state index in [1.54, 1.807) is 16.6 Å². The molecule has 0 spiro atoms. The predicted octanol–water partition coefficient (Wildman–Crippen LogP) is 6.15. The molecular weight excluding hydrogens is 427 g/mol. The number of pyridine rings is 3. The smallest absolute Gasteiger partial charge is 0.236 e. The second-order valence-electron chi connectivity index (χ2n) is 8.01. The summed E-state index contributed by atoms with van der Waals surface area (Å²) in [6, 6.07) is 6.42. The van der Waals surface area contributed by atoms with Crippen LogP contribution in [0.1, 0.15) is 48.5 Å². The van der Waals surface area contributed by atoms with Gasteiger partial charge in [-0.2, -0.15) is 18.3 Å². The molecule has 4 aromatic rings. The van der Waals surface area contributed by atoms with E-state index >= 15 is 0 Å². The Balaban J connectivity index is 1.54. The molecule has 0 aliphatic heterocycles. The molecular formula is C25H24F3N5. The van der Waals surface area contributed by atoms with E-state index in [-0.39, 0.29) is 0 Å². The molecule has 0 aromatic carbocycles. The first-order valence-electron chi connectivity index (χ1n) is 10.8. The average molecular weight is 451 g/mol. The second kappa shape index (κ2) is 9.13. The molecule has 33 heavy (non-hydrogen) atoms. The minimum atomic E-state index is -4.42. The Morgan fingerprint density at radius 3 is 2.70 bits per heavy atom. The Labute approximate surface area is 189 Å². The van der Waals surface area contributed by atoms with Gasteiger partial charge in [-0.25, -0.2) is 19.5 Å². The largest absolute Gasteiger partial charge is 0.417 e. The van der Waals surface area contributed by atoms with Crippen LogP contribution in [-0.4, -0.2) is 24.6 Å². The molecule has 4 heterocycles. The van der Waals surface area contributed by atoms with Gasteiger partial charge in [0.1, 0.15) is 0 Å². The summed E-state index contributed by atoms with van der Waals surface area (Å²) in [5, 5.41) is 4.94. The lowest BCUT2D eigenvalue weighted by Crippen LogP contribution is -2.06. The van der Waals surface area contributed by atoms with E-state index < -0.39 is 11.7 Å². The van der Waals surface area contributed by atoms with Crippen LogP contribution in [0.5, 0.6) is 0 Å². The fraction of sp³-hybridized carbons (Fsp3) is 0.280. The van der Waals surface area contributed by atoms with Gasteiger partial charge in [-0.15, -0.1) is 0 Å². The first kappa shape index (κ1) is 22.6. The summed E-state index contributed by atoms with van der Waals surface area (Å²) in [5.74, 6) is 0.679. The summed E-state index contributed by atoms with van der Waals surface area (Å²) in [6.07, 6.45) is 6.57. The van der Waals surface area contributed by atoms with Gasteiger partial charge in [0.2, 0.25) is 0 Å². The predicted molar refractivity (Wildman–Crippen MR) is 123 cm³/mol. The Hall–Kier alpha value is -3.55. The van der Waals surface area contributed by atoms with Crippen molar-refractivity contribution < 1.29 is 13.2 Å². The molecule has 0 amide bonds. The fourth-order valence-electron chi connectivity index (χ4n) is 3.43. The monoisotopic (exact) mass is 451 g/mol. The van der Waals surface area contributed by atoms with Crippen LogP contribution < -0.4 is 0 Å². The maximum atomic E-state index is 12.9. The molecule has 0 aliphatic rings. The van der Waals surface area contributed by atoms with E-state index in [0.717, 1.165) is 41.2 Å². The van der Waals surface area contributed by atoms with Gasteiger partial charge in [0.25, 0.3) is 0 Å². The molecule has 8 heteroatoms. The topological polar surface area (TPSA) is 56.0 Å². The van der Waals surface area contributed by atoms with Crippen LogP contribution in [0, 0.1) is 6.92 Å². The van der Waals surface area contributed by atoms with Crippen LogP contribution in [-0.2, 0) is 19.0 Å². The van der Waals surface area contributed by atoms with Gasteiger partial charge in [-0.3, -0.25) is 0 Å². The third-order valence-electron chi connectivity index (χ3n) is 5.54. The summed E-state index contributed by atoms with van der Waals surface area (Å²) in [4.78, 5) is 13.0. The van der Waals surface area contributed by atoms with Crippen molar-refractivity contribution >= 4 is 22.8 Å². The van der Waals surface area contributed by atoms with Crippen molar-refractivity contribution in [2.45, 2.75) is 46.2 Å². The molecule has 5 nitrogen and oxygen atoms in total. The molecule has 0 bridgehead atoms. The van der Waals surface area contributed by atoms with Gasteiger partial charge in [0, 0.05) is 35.5 Å². The van der Waals surface area contributed by atoms with Gasteiger partial charge in [0.05, 0.1) is 5.56 Å². The number of aromatic nitrogens is 5. The lowest BCUT2D eigenvalue weighted by Gasteiger charge is -2.07. The lowest BCUT2D eigenvalue weighted by atomic mass is 10.1. The average Bonchev–Trinajstić information content (AvgIpc) is 3.21. The minimum Gasteiger partial charge on any atom is -0.236 e. The summed E-state index contributed by atoms with van der Waals surface area (Å²) >= 11 is 0. The van der Waals surface area contributed by atoms with Crippen molar-refractivity contribution in [3.8, 4) is 0 Å². The van der Waals surface area contributed by atoms with Gasteiger partial charge in [0.15, 0.2) is 17.1 Å². The summed E-state index contributed by atoms with van der Waals surface area (Å²) < 4.78 is 40.4. The molecule has 0 saturated heterocycles. The third kappa shape index (κ3) is 5.10. The number of alkyl halides is 3. The van der Waals surface area contributed by atoms with E-state index in [9.17, 15) is 13.2 Å². The quantitative estimate of drug-likeness (QED) is 0.330. The summed E-state index contributed by atoms with van der Waals surface area (Å²) in [5.41, 5.74) is 4.46. The van der Waals surface area contributed by atoms with Gasteiger partial charge >= 0.3 is 6.18 Å². The molecule has 0 N–H and O–H groups in total. The highest BCUT2D eigenvalue weighted by Gasteiger charge is 2.31. The normalized spacial score (nSPS) is 13.0. The van der Waals surface area contributed by atoms with E-state index in [1.165, 1.54) is 5.57 Å². The van der Waals surface area contributed by atoms with Gasteiger partial charge < -0.3 is 0 Å². The standard InChI is InChI=1S/C25H24F3N5/c1-4-16(2)6-5-7-21-17(3)12-13-33-24(21)31-22(32-33)11-10-20-9-8-18-14-19(25(26,27)28)15-29-23(18)30-20/h5-9,12-15H,4,10-11H2,1-3H3/b7-5-,16-6+. The Morgan fingerprint density at radius 2 is 1.94 bits per heavy atom. The van der Waals surface area contributed by atoms with Gasteiger partial charge in [-0.1, -0.05) is 30.7 Å². The van der Waals surface area contributed by atoms with Gasteiger partial charge in [-0.05, 0) is 56.5 Å². The number of hydrogen-bond donors (Lipinski definition) is 0. The zero-order valence-electron chi connectivity index (χ0n) is 18.7. The highest BCUT2D eigenvalue weighted by Crippen LogP contribution is 2.30. The SMILES string of the molecule is CC/C(C)=C/C=C\c1c(C)ccn2nc(CCc3ccc4cc(C(F)(F)F)cnc4n3)nc12. The zero-order chi connectivity index (χ0) is 23.6. The highest BCUT2D eigenvalue weighted by molar-refractivity contribution is 5.75. The summed E-state index contributed by atoms with van der Waals surface area (Å²) in [7, 11) is 0. The van der Waals surface area contributed by atoms with Crippen LogP contribution in [0.2, 0.25) is 0 Å². The first-order valence-corrected chi connectivity index (χ1v) is 10.8. The lowest BCUT2D eigenvalue weighted by molar-refractivity contribution is -0.137. The Bertz CT molecular complexity index is 1370. The number of fused-ring (bicyclic) bond motifs is 2. The number of nitrogens with zero attached hydrogens (tertiary/aromatic N) is 5. The number of hydrogen-bond acceptors (Lipinski definition) is 4. The van der Waals surface area contributed by atoms with Crippen molar-refractivity contribution in [1.82, 2.24) is 24.6 Å². The minimum absolute atomic E-state index is 0.293. The number of allylic oxidation sites excluding steroid dienone is 3. The third-order valence-corrected chi connectivity index (χ3v) is 5.54. The molecule has 0 aliphatic carbocycles. The molecule has 0 fully saturated rings. The Morgan fingerprint density at radius 1 is 1.12 bits per heavy atom. The second-order valence-corrected chi connectivity index (χ2v) is 8.01. The molecule has 0 unspecified atom stereocenters. The molecule has 4 aromatic heterocycles. The molecule has 0 radical (unpaired) electrons.